The molecule has 77 heavy (non-hydrogen) atoms. The molecule has 4 aromatic carbocycles. The summed E-state index contributed by atoms with van der Waals surface area (Å²) in [5, 5.41) is 38.0. The van der Waals surface area contributed by atoms with Crippen LogP contribution >= 0.6 is 0 Å². The normalized spacial score (nSPS) is 21.2. The minimum absolute atomic E-state index is 0.0191. The Labute approximate surface area is 455 Å². The van der Waals surface area contributed by atoms with Gasteiger partial charge in [-0.3, -0.25) is 4.79 Å². The van der Waals surface area contributed by atoms with Gasteiger partial charge in [-0.1, -0.05) is 131 Å². The number of ether oxygens (including phenoxy) is 5. The number of carbonyl (C=O) groups excluding carboxylic acids is 2. The van der Waals surface area contributed by atoms with Crippen molar-refractivity contribution in [3.8, 4) is 29.1 Å². The summed E-state index contributed by atoms with van der Waals surface area (Å²) in [4.78, 5) is 37.3. The molecule has 2 heterocycles. The van der Waals surface area contributed by atoms with Crippen molar-refractivity contribution in [3.05, 3.63) is 143 Å². The highest BCUT2D eigenvalue weighted by Gasteiger charge is 2.65. The van der Waals surface area contributed by atoms with Gasteiger partial charge in [0, 0.05) is 49.8 Å². The van der Waals surface area contributed by atoms with Crippen LogP contribution < -0.4 is 24.3 Å². The molecule has 4 aromatic rings. The van der Waals surface area contributed by atoms with Crippen LogP contribution in [0.2, 0.25) is 0 Å². The molecule has 6 unspecified atom stereocenters. The van der Waals surface area contributed by atoms with E-state index in [2.05, 4.69) is 31.0 Å². The average Bonchev–Trinajstić information content (AvgIpc) is 4.06. The number of fused-ring (bicyclic) bond motifs is 3. The summed E-state index contributed by atoms with van der Waals surface area (Å²) in [5.74, 6) is -0.905. The first-order valence-electron chi connectivity index (χ1n) is 28.2. The fourth-order valence-corrected chi connectivity index (χ4v) is 11.8. The molecule has 0 saturated heterocycles. The summed E-state index contributed by atoms with van der Waals surface area (Å²) < 4.78 is 32.4. The Morgan fingerprint density at radius 2 is 1.55 bits per heavy atom. The van der Waals surface area contributed by atoms with E-state index in [1.54, 1.807) is 41.3 Å². The summed E-state index contributed by atoms with van der Waals surface area (Å²) in [6, 6.07) is 28.9. The number of hydrogen-bond acceptors (Lipinski definition) is 12. The SMILES string of the molecule is C=CCOC12Oc3ccc(OC(=O)NCCCCCCCCCCCC)cc3C3C(CCCCO)C(CCCCO)C=C(C(=NOCc4ccccc4)CC1N(Cc1ccc4c(c1)OCO4)C(=O)c1ccc(C#N)cc1)C32. The van der Waals surface area contributed by atoms with Crippen molar-refractivity contribution in [3.63, 3.8) is 0 Å². The molecule has 0 spiro atoms. The van der Waals surface area contributed by atoms with Crippen molar-refractivity contribution >= 4 is 17.7 Å². The smallest absolute Gasteiger partial charge is 0.412 e. The Bertz CT molecular complexity index is 2670. The van der Waals surface area contributed by atoms with Crippen molar-refractivity contribution in [1.82, 2.24) is 10.2 Å². The van der Waals surface area contributed by atoms with Gasteiger partial charge in [0.25, 0.3) is 5.91 Å². The standard InChI is InChI=1S/C63H78N4O10/c1-3-5-6-7-8-9-10-11-12-18-33-65-62(71)76-50-30-32-55-53(39-50)59-51(24-17-20-35-69)49(23-16-19-34-68)38-52-54(66-75-43-46-21-14-13-15-22-46)40-58(63(77-55,60(52)59)74-36-4-2)67(61(70)48-28-25-45(41-64)26-29-48)42-47-27-31-56-57(37-47)73-44-72-56/h4,13-15,21-22,25-32,37-39,49,51,58-60,68-69H,2-3,5-12,16-20,23-24,33-36,40,42-44H2,1H3,(H,65,71). The van der Waals surface area contributed by atoms with E-state index < -0.39 is 23.8 Å². The lowest BCUT2D eigenvalue weighted by Gasteiger charge is -2.60. The molecule has 1 saturated carbocycles. The molecule has 14 heteroatoms. The largest absolute Gasteiger partial charge is 0.459 e. The number of hydrogen-bond donors (Lipinski definition) is 3. The van der Waals surface area contributed by atoms with E-state index in [9.17, 15) is 20.3 Å². The van der Waals surface area contributed by atoms with Crippen LogP contribution in [-0.2, 0) is 22.7 Å². The van der Waals surface area contributed by atoms with Gasteiger partial charge in [-0.05, 0) is 115 Å². The fourth-order valence-electron chi connectivity index (χ4n) is 11.8. The van der Waals surface area contributed by atoms with Gasteiger partial charge in [0.05, 0.1) is 29.9 Å². The van der Waals surface area contributed by atoms with E-state index in [0.29, 0.717) is 59.2 Å². The van der Waals surface area contributed by atoms with Crippen LogP contribution in [0.1, 0.15) is 155 Å². The second-order valence-corrected chi connectivity index (χ2v) is 20.8. The molecule has 0 bridgehead atoms. The van der Waals surface area contributed by atoms with Gasteiger partial charge in [0.15, 0.2) is 11.5 Å². The topological polar surface area (TPSA) is 181 Å². The molecule has 2 amide bonds. The van der Waals surface area contributed by atoms with E-state index in [1.807, 2.05) is 60.7 Å². The zero-order valence-corrected chi connectivity index (χ0v) is 44.9. The predicted octanol–water partition coefficient (Wildman–Crippen LogP) is 12.5. The number of rotatable bonds is 30. The van der Waals surface area contributed by atoms with E-state index in [1.165, 1.54) is 44.9 Å². The Morgan fingerprint density at radius 1 is 0.831 bits per heavy atom. The molecule has 0 aromatic heterocycles. The molecule has 1 fully saturated rings. The van der Waals surface area contributed by atoms with Crippen LogP contribution in [0.3, 0.4) is 0 Å². The van der Waals surface area contributed by atoms with Gasteiger partial charge in [-0.2, -0.15) is 5.26 Å². The molecule has 14 nitrogen and oxygen atoms in total. The summed E-state index contributed by atoms with van der Waals surface area (Å²) in [6.07, 6.45) is 19.8. The molecule has 3 N–H and O–H groups in total. The van der Waals surface area contributed by atoms with Gasteiger partial charge in [-0.25, -0.2) is 4.79 Å². The number of unbranched alkanes of at least 4 members (excludes halogenated alkanes) is 11. The highest BCUT2D eigenvalue weighted by Crippen LogP contribution is 2.62. The van der Waals surface area contributed by atoms with Gasteiger partial charge in [0.2, 0.25) is 12.6 Å². The summed E-state index contributed by atoms with van der Waals surface area (Å²) in [5.41, 5.74) is 4.81. The Hall–Kier alpha value is -6.66. The maximum atomic E-state index is 15.6. The Morgan fingerprint density at radius 3 is 2.27 bits per heavy atom. The number of oxime groups is 1. The minimum Gasteiger partial charge on any atom is -0.459 e. The molecule has 8 rings (SSSR count). The number of allylic oxidation sites excluding steroid dienone is 1. The van der Waals surface area contributed by atoms with Crippen molar-refractivity contribution < 1.29 is 48.3 Å². The third kappa shape index (κ3) is 14.3. The van der Waals surface area contributed by atoms with Crippen LogP contribution in [0, 0.1) is 29.1 Å². The van der Waals surface area contributed by atoms with Crippen LogP contribution in [0.5, 0.6) is 23.0 Å². The highest BCUT2D eigenvalue weighted by molar-refractivity contribution is 6.03. The Kier molecular flexibility index (Phi) is 21.0. The number of nitrogens with zero attached hydrogens (tertiary/aromatic N) is 3. The summed E-state index contributed by atoms with van der Waals surface area (Å²) in [7, 11) is 0. The Balaban J connectivity index is 1.22. The van der Waals surface area contributed by atoms with Crippen molar-refractivity contribution in [2.24, 2.45) is 22.9 Å². The highest BCUT2D eigenvalue weighted by atomic mass is 16.7. The van der Waals surface area contributed by atoms with E-state index in [0.717, 1.165) is 67.2 Å². The quantitative estimate of drug-likeness (QED) is 0.0257. The second kappa shape index (κ2) is 28.6. The van der Waals surface area contributed by atoms with Crippen molar-refractivity contribution in [1.29, 1.82) is 5.26 Å². The molecule has 410 valence electrons. The number of amides is 2. The second-order valence-electron chi connectivity index (χ2n) is 20.8. The van der Waals surface area contributed by atoms with Crippen LogP contribution in [0.4, 0.5) is 4.79 Å². The fraction of sp³-hybridized carbons (Fsp3) is 0.492. The average molecular weight is 1050 g/mol. The zero-order valence-electron chi connectivity index (χ0n) is 44.9. The number of benzene rings is 4. The molecule has 2 aliphatic carbocycles. The lowest BCUT2D eigenvalue weighted by molar-refractivity contribution is -0.255. The van der Waals surface area contributed by atoms with Gasteiger partial charge in [0.1, 0.15) is 24.1 Å². The minimum atomic E-state index is -1.57. The predicted molar refractivity (Wildman–Crippen MR) is 296 cm³/mol. The molecule has 0 radical (unpaired) electrons. The maximum absolute atomic E-state index is 15.6. The first-order valence-corrected chi connectivity index (χ1v) is 28.2. The van der Waals surface area contributed by atoms with Crippen molar-refractivity contribution in [2.75, 3.05) is 33.2 Å². The number of aliphatic hydroxyl groups excluding tert-OH is 2. The molecular weight excluding hydrogens is 973 g/mol. The number of aliphatic hydroxyl groups is 2. The van der Waals surface area contributed by atoms with E-state index >= 15 is 4.79 Å². The monoisotopic (exact) mass is 1050 g/mol. The van der Waals surface area contributed by atoms with Gasteiger partial charge >= 0.3 is 6.09 Å². The van der Waals surface area contributed by atoms with Gasteiger partial charge < -0.3 is 49.0 Å². The van der Waals surface area contributed by atoms with E-state index in [4.69, 9.17) is 33.7 Å². The third-order valence-electron chi connectivity index (χ3n) is 15.6. The van der Waals surface area contributed by atoms with Crippen LogP contribution in [-0.4, -0.2) is 77.8 Å². The molecular formula is C63H78N4O10. The zero-order chi connectivity index (χ0) is 53.8. The van der Waals surface area contributed by atoms with Crippen molar-refractivity contribution in [2.45, 2.75) is 147 Å². The maximum Gasteiger partial charge on any atom is 0.412 e. The number of nitrogens with one attached hydrogen (secondary N) is 1. The first-order chi connectivity index (χ1) is 37.8. The van der Waals surface area contributed by atoms with E-state index in [-0.39, 0.29) is 69.8 Å². The lowest BCUT2D eigenvalue weighted by Crippen LogP contribution is -2.70. The van der Waals surface area contributed by atoms with Gasteiger partial charge in [-0.15, -0.1) is 6.58 Å². The molecule has 2 aliphatic heterocycles. The van der Waals surface area contributed by atoms with Crippen LogP contribution in [0.25, 0.3) is 0 Å². The summed E-state index contributed by atoms with van der Waals surface area (Å²) in [6.45, 7) is 7.39. The first kappa shape index (κ1) is 56.5. The molecule has 4 aliphatic rings. The number of carbonyl (C=O) groups is 2. The molecule has 6 atom stereocenters. The number of nitriles is 1. The summed E-state index contributed by atoms with van der Waals surface area (Å²) >= 11 is 0. The third-order valence-corrected chi connectivity index (χ3v) is 15.6. The lowest BCUT2D eigenvalue weighted by atomic mass is 9.55. The van der Waals surface area contributed by atoms with Crippen LogP contribution in [0.15, 0.2) is 120 Å².